The molecule has 0 fully saturated rings. The van der Waals surface area contributed by atoms with Crippen LogP contribution in [0.2, 0.25) is 0 Å². The van der Waals surface area contributed by atoms with E-state index in [1.54, 1.807) is 6.08 Å². The van der Waals surface area contributed by atoms with E-state index in [1.165, 1.54) is 96.3 Å². The van der Waals surface area contributed by atoms with Gasteiger partial charge in [0.05, 0.1) is 33.8 Å². The third-order valence-electron chi connectivity index (χ3n) is 11.9. The molecule has 0 aliphatic heterocycles. The molecule has 0 aromatic carbocycles. The van der Waals surface area contributed by atoms with E-state index in [4.69, 9.17) is 13.8 Å². The minimum absolute atomic E-state index is 0.0408. The summed E-state index contributed by atoms with van der Waals surface area (Å²) in [6, 6.07) is -0.927. The summed E-state index contributed by atoms with van der Waals surface area (Å²) in [5, 5.41) is 2.99. The van der Waals surface area contributed by atoms with E-state index in [1.807, 2.05) is 88.0 Å². The van der Waals surface area contributed by atoms with Crippen LogP contribution >= 0.6 is 7.82 Å². The van der Waals surface area contributed by atoms with Crippen molar-refractivity contribution in [1.29, 1.82) is 0 Å². The van der Waals surface area contributed by atoms with Gasteiger partial charge in [-0.2, -0.15) is 0 Å². The SMILES string of the molecule is CC\C=C/C=C/C=C/C=C\C=C\C=C\CCCCCC(=O)OC(/C=C/CCCCCCCCCCCC)C(COP(=O)([O-])OCC[N+](C)(C)C)NC(=O)CCCCC/C=C/C=C/CCCCCCCCC. The Morgan fingerprint density at radius 1 is 0.507 bits per heavy atom. The third-order valence-corrected chi connectivity index (χ3v) is 12.8. The van der Waals surface area contributed by atoms with Crippen molar-refractivity contribution in [2.75, 3.05) is 40.9 Å². The summed E-state index contributed by atoms with van der Waals surface area (Å²) in [7, 11) is 1.12. The number of nitrogens with one attached hydrogen (secondary N) is 1. The van der Waals surface area contributed by atoms with Crippen molar-refractivity contribution in [3.05, 3.63) is 109 Å². The van der Waals surface area contributed by atoms with Crippen molar-refractivity contribution in [1.82, 2.24) is 5.32 Å². The first-order valence-electron chi connectivity index (χ1n) is 28.3. The quantitative estimate of drug-likeness (QED) is 0.0161. The Balaban J connectivity index is 5.52. The fraction of sp³-hybridized carbons (Fsp3) is 0.672. The number of nitrogens with zero attached hydrogens (tertiary/aromatic N) is 1. The monoisotopic (exact) mass is 1010 g/mol. The maximum atomic E-state index is 13.5. The van der Waals surface area contributed by atoms with Gasteiger partial charge in [0.25, 0.3) is 7.82 Å². The van der Waals surface area contributed by atoms with Crippen LogP contribution in [0.3, 0.4) is 0 Å². The molecule has 406 valence electrons. The van der Waals surface area contributed by atoms with Crippen LogP contribution in [0.4, 0.5) is 0 Å². The number of rotatable bonds is 49. The molecular formula is C61H105N2O7P. The van der Waals surface area contributed by atoms with Crippen molar-refractivity contribution in [2.24, 2.45) is 0 Å². The second-order valence-electron chi connectivity index (χ2n) is 19.9. The molecule has 10 heteroatoms. The summed E-state index contributed by atoms with van der Waals surface area (Å²) in [5.74, 6) is -0.632. The van der Waals surface area contributed by atoms with Crippen LogP contribution < -0.4 is 10.2 Å². The average Bonchev–Trinajstić information content (AvgIpc) is 3.33. The van der Waals surface area contributed by atoms with Crippen molar-refractivity contribution >= 4 is 19.7 Å². The van der Waals surface area contributed by atoms with Gasteiger partial charge in [0.1, 0.15) is 19.3 Å². The number of unbranched alkanes of at least 4 members (excludes halogenated alkanes) is 23. The van der Waals surface area contributed by atoms with Gasteiger partial charge in [-0.1, -0.05) is 233 Å². The summed E-state index contributed by atoms with van der Waals surface area (Å²) in [5.41, 5.74) is 0. The van der Waals surface area contributed by atoms with E-state index in [0.29, 0.717) is 23.9 Å². The lowest BCUT2D eigenvalue weighted by Crippen LogP contribution is -2.47. The predicted octanol–water partition coefficient (Wildman–Crippen LogP) is 16.4. The van der Waals surface area contributed by atoms with Crippen molar-refractivity contribution in [2.45, 2.75) is 226 Å². The number of ether oxygens (including phenoxy) is 1. The summed E-state index contributed by atoms with van der Waals surface area (Å²) < 4.78 is 30.2. The number of esters is 1. The maximum absolute atomic E-state index is 13.5. The molecule has 0 bridgehead atoms. The summed E-state index contributed by atoms with van der Waals surface area (Å²) in [6.07, 6.45) is 67.7. The van der Waals surface area contributed by atoms with E-state index >= 15 is 0 Å². The van der Waals surface area contributed by atoms with E-state index < -0.39 is 32.5 Å². The molecule has 0 radical (unpaired) electrons. The van der Waals surface area contributed by atoms with E-state index in [0.717, 1.165) is 70.6 Å². The smallest absolute Gasteiger partial charge is 0.306 e. The fourth-order valence-electron chi connectivity index (χ4n) is 7.48. The zero-order valence-corrected chi connectivity index (χ0v) is 47.0. The molecule has 3 unspecified atom stereocenters. The molecule has 0 aromatic heterocycles. The number of phosphoric acid groups is 1. The van der Waals surface area contributed by atoms with Crippen molar-refractivity contribution in [3.63, 3.8) is 0 Å². The van der Waals surface area contributed by atoms with Crippen LogP contribution in [0, 0.1) is 0 Å². The molecule has 0 aliphatic rings. The molecule has 0 rings (SSSR count). The van der Waals surface area contributed by atoms with Crippen LogP contribution in [0.1, 0.15) is 213 Å². The van der Waals surface area contributed by atoms with E-state index in [2.05, 4.69) is 62.5 Å². The van der Waals surface area contributed by atoms with Crippen LogP contribution in [-0.4, -0.2) is 69.4 Å². The highest BCUT2D eigenvalue weighted by molar-refractivity contribution is 7.45. The average molecular weight is 1010 g/mol. The van der Waals surface area contributed by atoms with Gasteiger partial charge in [-0.3, -0.25) is 14.2 Å². The number of phosphoric ester groups is 1. The van der Waals surface area contributed by atoms with Gasteiger partial charge in [-0.15, -0.1) is 0 Å². The lowest BCUT2D eigenvalue weighted by atomic mass is 10.1. The van der Waals surface area contributed by atoms with E-state index in [-0.39, 0.29) is 25.4 Å². The van der Waals surface area contributed by atoms with Crippen LogP contribution in [0.25, 0.3) is 0 Å². The van der Waals surface area contributed by atoms with Gasteiger partial charge in [0.2, 0.25) is 5.91 Å². The minimum Gasteiger partial charge on any atom is -0.756 e. The zero-order valence-electron chi connectivity index (χ0n) is 46.1. The lowest BCUT2D eigenvalue weighted by Gasteiger charge is -2.30. The summed E-state index contributed by atoms with van der Waals surface area (Å²) in [6.45, 7) is 6.61. The highest BCUT2D eigenvalue weighted by atomic mass is 31.2. The topological polar surface area (TPSA) is 114 Å². The summed E-state index contributed by atoms with van der Waals surface area (Å²) >= 11 is 0. The van der Waals surface area contributed by atoms with Crippen LogP contribution in [0.5, 0.6) is 0 Å². The molecule has 1 amide bonds. The molecule has 0 aliphatic carbocycles. The van der Waals surface area contributed by atoms with Gasteiger partial charge in [-0.05, 0) is 76.7 Å². The molecule has 0 saturated heterocycles. The molecule has 3 atom stereocenters. The van der Waals surface area contributed by atoms with Gasteiger partial charge in [-0.25, -0.2) is 0 Å². The fourth-order valence-corrected chi connectivity index (χ4v) is 8.21. The molecule has 0 aromatic rings. The number of quaternary nitrogens is 1. The first-order chi connectivity index (χ1) is 34.4. The van der Waals surface area contributed by atoms with Crippen LogP contribution in [-0.2, 0) is 27.9 Å². The first-order valence-corrected chi connectivity index (χ1v) is 29.8. The molecule has 9 nitrogen and oxygen atoms in total. The number of hydrogen-bond acceptors (Lipinski definition) is 7. The van der Waals surface area contributed by atoms with Gasteiger partial charge < -0.3 is 28.5 Å². The molecule has 0 spiro atoms. The molecule has 71 heavy (non-hydrogen) atoms. The highest BCUT2D eigenvalue weighted by Crippen LogP contribution is 2.38. The number of allylic oxidation sites excluding steroid dienone is 17. The van der Waals surface area contributed by atoms with Crippen molar-refractivity contribution < 1.29 is 37.3 Å². The second kappa shape index (κ2) is 50.2. The molecular weight excluding hydrogens is 904 g/mol. The minimum atomic E-state index is -4.72. The first kappa shape index (κ1) is 67.7. The van der Waals surface area contributed by atoms with Gasteiger partial charge in [0, 0.05) is 12.8 Å². The number of likely N-dealkylation sites (N-methyl/N-ethyl adjacent to an activating group) is 1. The number of amides is 1. The van der Waals surface area contributed by atoms with Gasteiger partial charge in [0.15, 0.2) is 0 Å². The molecule has 1 N–H and O–H groups in total. The third kappa shape index (κ3) is 51.4. The van der Waals surface area contributed by atoms with Crippen molar-refractivity contribution in [3.8, 4) is 0 Å². The number of carbonyl (C=O) groups excluding carboxylic acids is 2. The Hall–Kier alpha value is -3.33. The maximum Gasteiger partial charge on any atom is 0.306 e. The number of carbonyl (C=O) groups is 2. The van der Waals surface area contributed by atoms with Crippen LogP contribution in [0.15, 0.2) is 109 Å². The molecule has 0 saturated carbocycles. The predicted molar refractivity (Wildman–Crippen MR) is 302 cm³/mol. The Bertz CT molecular complexity index is 1580. The Morgan fingerprint density at radius 2 is 0.901 bits per heavy atom. The molecule has 0 heterocycles. The highest BCUT2D eigenvalue weighted by Gasteiger charge is 2.27. The Labute approximate surface area is 436 Å². The summed E-state index contributed by atoms with van der Waals surface area (Å²) in [4.78, 5) is 39.8. The Morgan fingerprint density at radius 3 is 1.37 bits per heavy atom. The normalized spacial score (nSPS) is 14.6. The largest absolute Gasteiger partial charge is 0.756 e. The van der Waals surface area contributed by atoms with E-state index in [9.17, 15) is 19.0 Å². The lowest BCUT2D eigenvalue weighted by molar-refractivity contribution is -0.870. The Kier molecular flexibility index (Phi) is 47.9. The second-order valence-corrected chi connectivity index (χ2v) is 21.3. The standard InChI is InChI=1S/C61H105N2O7P/c1-7-10-13-16-19-22-25-28-30-32-34-36-39-42-45-48-51-54-61(65)70-59(52-49-46-43-40-37-27-24-21-18-15-12-9-3)58(57-69-71(66,67)68-56-55-63(4,5)6)62-60(64)53-50-47-44-41-38-35-33-31-29-26-23-20-17-14-11-8-2/h10,13,16,19,22,25,28,30-36,38-39,49,52,58-59H,7-9,11-12,14-15,17-18,20-21,23-24,26-27,29,37,40-48,50-51,53-57H2,1-6H3,(H-,62,64,66,67)/b13-10-,19-16+,25-22+,30-28-,33-31+,34-32+,38-35+,39-36+,52-49+. The zero-order chi connectivity index (χ0) is 52.2. The number of hydrogen-bond donors (Lipinski definition) is 1. The van der Waals surface area contributed by atoms with Gasteiger partial charge >= 0.3 is 5.97 Å².